The van der Waals surface area contributed by atoms with Crippen molar-refractivity contribution in [2.75, 3.05) is 36.8 Å². The highest BCUT2D eigenvalue weighted by Gasteiger charge is 2.23. The summed E-state index contributed by atoms with van der Waals surface area (Å²) in [4.78, 5) is 11.4. The van der Waals surface area contributed by atoms with Crippen LogP contribution in [0.5, 0.6) is 0 Å². The zero-order chi connectivity index (χ0) is 18.1. The minimum absolute atomic E-state index is 0.118. The van der Waals surface area contributed by atoms with Gasteiger partial charge < -0.3 is 16.0 Å². The lowest BCUT2D eigenvalue weighted by Crippen LogP contribution is -2.44. The van der Waals surface area contributed by atoms with Gasteiger partial charge in [-0.1, -0.05) is 24.3 Å². The molecule has 1 aliphatic rings. The van der Waals surface area contributed by atoms with Crippen LogP contribution in [-0.4, -0.2) is 44.6 Å². The van der Waals surface area contributed by atoms with Gasteiger partial charge in [0.2, 0.25) is 9.84 Å². The number of nitrogen functional groups attached to an aromatic ring is 1. The van der Waals surface area contributed by atoms with E-state index in [1.54, 1.807) is 48.5 Å². The van der Waals surface area contributed by atoms with E-state index < -0.39 is 9.84 Å². The minimum Gasteiger partial charge on any atom is -0.381 e. The molecule has 0 aliphatic carbocycles. The standard InChI is InChI=1S/C18H19N5O2S/c19-17-18(23-11-9-20-10-12-23)21-14-7-4-8-15(16(14)22-17)26(24,25)13-5-2-1-3-6-13/h1-8,20H,9-12H2,(H2,19,22). The first-order valence-corrected chi connectivity index (χ1v) is 9.88. The van der Waals surface area contributed by atoms with Crippen LogP contribution in [0.25, 0.3) is 11.0 Å². The second kappa shape index (κ2) is 6.54. The summed E-state index contributed by atoms with van der Waals surface area (Å²) in [6, 6.07) is 13.3. The SMILES string of the molecule is Nc1nc2c(S(=O)(=O)c3ccccc3)cccc2nc1N1CCNCC1. The van der Waals surface area contributed by atoms with E-state index in [2.05, 4.69) is 20.2 Å². The third-order valence-electron chi connectivity index (χ3n) is 4.42. The van der Waals surface area contributed by atoms with Gasteiger partial charge in [0, 0.05) is 26.2 Å². The number of hydrogen-bond donors (Lipinski definition) is 2. The van der Waals surface area contributed by atoms with Crippen LogP contribution in [0.15, 0.2) is 58.3 Å². The Morgan fingerprint density at radius 3 is 2.42 bits per heavy atom. The van der Waals surface area contributed by atoms with Crippen LogP contribution in [0, 0.1) is 0 Å². The quantitative estimate of drug-likeness (QED) is 0.720. The Labute approximate surface area is 151 Å². The molecule has 0 radical (unpaired) electrons. The number of anilines is 2. The first-order chi connectivity index (χ1) is 12.6. The van der Waals surface area contributed by atoms with Crippen molar-refractivity contribution in [1.29, 1.82) is 0 Å². The molecular formula is C18H19N5O2S. The first-order valence-electron chi connectivity index (χ1n) is 8.39. The van der Waals surface area contributed by atoms with Gasteiger partial charge in [-0.25, -0.2) is 18.4 Å². The van der Waals surface area contributed by atoms with Crippen molar-refractivity contribution in [2.24, 2.45) is 0 Å². The molecule has 3 N–H and O–H groups in total. The molecule has 1 aromatic heterocycles. The molecule has 7 nitrogen and oxygen atoms in total. The van der Waals surface area contributed by atoms with Crippen molar-refractivity contribution >= 4 is 32.5 Å². The van der Waals surface area contributed by atoms with Crippen molar-refractivity contribution < 1.29 is 8.42 Å². The molecule has 4 rings (SSSR count). The lowest BCUT2D eigenvalue weighted by molar-refractivity contribution is 0.585. The van der Waals surface area contributed by atoms with E-state index in [4.69, 9.17) is 5.73 Å². The molecule has 8 heteroatoms. The van der Waals surface area contributed by atoms with E-state index >= 15 is 0 Å². The summed E-state index contributed by atoms with van der Waals surface area (Å²) < 4.78 is 26.0. The average molecular weight is 369 g/mol. The fourth-order valence-corrected chi connectivity index (χ4v) is 4.54. The Kier molecular flexibility index (Phi) is 4.21. The number of hydrogen-bond acceptors (Lipinski definition) is 7. The topological polar surface area (TPSA) is 101 Å². The highest BCUT2D eigenvalue weighted by molar-refractivity contribution is 7.91. The van der Waals surface area contributed by atoms with Crippen molar-refractivity contribution in [3.05, 3.63) is 48.5 Å². The van der Waals surface area contributed by atoms with Crippen molar-refractivity contribution in [3.63, 3.8) is 0 Å². The molecule has 0 spiro atoms. The van der Waals surface area contributed by atoms with Crippen LogP contribution in [0.1, 0.15) is 0 Å². The molecule has 134 valence electrons. The van der Waals surface area contributed by atoms with Gasteiger partial charge in [-0.05, 0) is 24.3 Å². The summed E-state index contributed by atoms with van der Waals surface area (Å²) in [7, 11) is -3.70. The summed E-state index contributed by atoms with van der Waals surface area (Å²) in [6.45, 7) is 3.27. The fraction of sp³-hybridized carbons (Fsp3) is 0.222. The predicted molar refractivity (Wildman–Crippen MR) is 101 cm³/mol. The number of rotatable bonds is 3. The Morgan fingerprint density at radius 2 is 1.69 bits per heavy atom. The van der Waals surface area contributed by atoms with Gasteiger partial charge in [-0.2, -0.15) is 0 Å². The minimum atomic E-state index is -3.70. The predicted octanol–water partition coefficient (Wildman–Crippen LogP) is 1.45. The Balaban J connectivity index is 1.86. The Morgan fingerprint density at radius 1 is 0.962 bits per heavy atom. The van der Waals surface area contributed by atoms with Gasteiger partial charge in [-0.15, -0.1) is 0 Å². The average Bonchev–Trinajstić information content (AvgIpc) is 2.68. The Hall–Kier alpha value is -2.71. The molecule has 0 bridgehead atoms. The van der Waals surface area contributed by atoms with Crippen molar-refractivity contribution in [2.45, 2.75) is 9.79 Å². The number of piperazine rings is 1. The maximum Gasteiger partial charge on any atom is 0.208 e. The smallest absolute Gasteiger partial charge is 0.208 e. The molecule has 3 aromatic rings. The normalized spacial score (nSPS) is 15.3. The summed E-state index contributed by atoms with van der Waals surface area (Å²) in [6.07, 6.45) is 0. The molecular weight excluding hydrogens is 350 g/mol. The van der Waals surface area contributed by atoms with Crippen molar-refractivity contribution in [1.82, 2.24) is 15.3 Å². The number of para-hydroxylation sites is 1. The number of fused-ring (bicyclic) bond motifs is 1. The van der Waals surface area contributed by atoms with Gasteiger partial charge in [0.05, 0.1) is 15.3 Å². The van der Waals surface area contributed by atoms with Crippen LogP contribution in [-0.2, 0) is 9.84 Å². The number of nitrogens with two attached hydrogens (primary N) is 1. The van der Waals surface area contributed by atoms with Gasteiger partial charge in [0.25, 0.3) is 0 Å². The molecule has 1 fully saturated rings. The van der Waals surface area contributed by atoms with E-state index in [1.165, 1.54) is 0 Å². The number of aromatic nitrogens is 2. The van der Waals surface area contributed by atoms with Crippen LogP contribution in [0.2, 0.25) is 0 Å². The van der Waals surface area contributed by atoms with Crippen LogP contribution in [0.3, 0.4) is 0 Å². The molecule has 2 heterocycles. The number of nitrogens with one attached hydrogen (secondary N) is 1. The number of nitrogens with zero attached hydrogens (tertiary/aromatic N) is 3. The lowest BCUT2D eigenvalue weighted by atomic mass is 10.3. The zero-order valence-electron chi connectivity index (χ0n) is 14.1. The largest absolute Gasteiger partial charge is 0.381 e. The van der Waals surface area contributed by atoms with E-state index in [-0.39, 0.29) is 15.6 Å². The first kappa shape index (κ1) is 16.7. The van der Waals surface area contributed by atoms with Crippen LogP contribution in [0.4, 0.5) is 11.6 Å². The van der Waals surface area contributed by atoms with Crippen molar-refractivity contribution in [3.8, 4) is 0 Å². The second-order valence-electron chi connectivity index (χ2n) is 6.11. The maximum atomic E-state index is 13.0. The summed E-state index contributed by atoms with van der Waals surface area (Å²) in [5.74, 6) is 0.850. The number of benzene rings is 2. The maximum absolute atomic E-state index is 13.0. The third kappa shape index (κ3) is 2.87. The Bertz CT molecular complexity index is 1050. The second-order valence-corrected chi connectivity index (χ2v) is 8.03. The number of sulfone groups is 1. The molecule has 0 saturated carbocycles. The summed E-state index contributed by atoms with van der Waals surface area (Å²) in [5.41, 5.74) is 6.95. The fourth-order valence-electron chi connectivity index (χ4n) is 3.11. The molecule has 1 aliphatic heterocycles. The zero-order valence-corrected chi connectivity index (χ0v) is 14.9. The highest BCUT2D eigenvalue weighted by Crippen LogP contribution is 2.30. The molecule has 0 amide bonds. The highest BCUT2D eigenvalue weighted by atomic mass is 32.2. The lowest BCUT2D eigenvalue weighted by Gasteiger charge is -2.29. The molecule has 0 atom stereocenters. The molecule has 26 heavy (non-hydrogen) atoms. The van der Waals surface area contributed by atoms with E-state index in [1.807, 2.05) is 0 Å². The van der Waals surface area contributed by atoms with Gasteiger partial charge >= 0.3 is 0 Å². The molecule has 1 saturated heterocycles. The van der Waals surface area contributed by atoms with E-state index in [9.17, 15) is 8.42 Å². The van der Waals surface area contributed by atoms with E-state index in [0.29, 0.717) is 16.9 Å². The summed E-state index contributed by atoms with van der Waals surface area (Å²) in [5, 5.41) is 3.28. The monoisotopic (exact) mass is 369 g/mol. The third-order valence-corrected chi connectivity index (χ3v) is 6.23. The van der Waals surface area contributed by atoms with Crippen LogP contribution < -0.4 is 16.0 Å². The van der Waals surface area contributed by atoms with Gasteiger partial charge in [-0.3, -0.25) is 0 Å². The van der Waals surface area contributed by atoms with Gasteiger partial charge in [0.15, 0.2) is 11.6 Å². The summed E-state index contributed by atoms with van der Waals surface area (Å²) >= 11 is 0. The molecule has 2 aromatic carbocycles. The molecule has 0 unspecified atom stereocenters. The van der Waals surface area contributed by atoms with Crippen LogP contribution >= 0.6 is 0 Å². The van der Waals surface area contributed by atoms with E-state index in [0.717, 1.165) is 26.2 Å². The van der Waals surface area contributed by atoms with Gasteiger partial charge in [0.1, 0.15) is 5.52 Å².